The fraction of sp³-hybridized carbons (Fsp3) is 0.630. The summed E-state index contributed by atoms with van der Waals surface area (Å²) in [4.78, 5) is 44.0. The van der Waals surface area contributed by atoms with Gasteiger partial charge >= 0.3 is 5.97 Å². The highest BCUT2D eigenvalue weighted by atomic mass is 32.2. The molecule has 1 aromatic heterocycles. The largest absolute Gasteiger partial charge is 0.465 e. The molecule has 2 heterocycles. The van der Waals surface area contributed by atoms with E-state index in [0.29, 0.717) is 64.1 Å². The highest BCUT2D eigenvalue weighted by Crippen LogP contribution is 2.60. The number of methoxy groups -OCH3 is 1. The number of Topliss-reactive ketones (excluding diaryl/α,β-unsaturated/α-hetero) is 1. The molecule has 4 aliphatic carbocycles. The average Bonchev–Trinajstić information content (AvgIpc) is 3.36. The lowest BCUT2D eigenvalue weighted by molar-refractivity contribution is -0.141. The van der Waals surface area contributed by atoms with Crippen molar-refractivity contribution in [2.45, 2.75) is 69.2 Å². The normalized spacial score (nSPS) is 31.2. The van der Waals surface area contributed by atoms with Crippen LogP contribution in [-0.4, -0.2) is 46.9 Å². The molecular formula is C27H32N2O5S. The third-order valence-corrected chi connectivity index (χ3v) is 9.69. The number of hydrogen-bond donors (Lipinski definition) is 0. The molecule has 1 saturated heterocycles. The molecular weight excluding hydrogens is 464 g/mol. The molecule has 5 aliphatic rings. The monoisotopic (exact) mass is 496 g/mol. The van der Waals surface area contributed by atoms with Gasteiger partial charge in [0.25, 0.3) is 5.56 Å². The van der Waals surface area contributed by atoms with Gasteiger partial charge in [0.05, 0.1) is 42.0 Å². The van der Waals surface area contributed by atoms with E-state index in [2.05, 4.69) is 0 Å². The summed E-state index contributed by atoms with van der Waals surface area (Å²) in [6.07, 6.45) is 8.87. The van der Waals surface area contributed by atoms with Crippen LogP contribution < -0.4 is 5.56 Å². The van der Waals surface area contributed by atoms with Crippen molar-refractivity contribution in [3.05, 3.63) is 34.1 Å². The molecule has 1 unspecified atom stereocenters. The van der Waals surface area contributed by atoms with Gasteiger partial charge in [0.15, 0.2) is 5.16 Å². The Bertz CT molecular complexity index is 1200. The second kappa shape index (κ2) is 9.04. The minimum atomic E-state index is -0.469. The molecule has 4 bridgehead atoms. The van der Waals surface area contributed by atoms with Crippen LogP contribution in [0.5, 0.6) is 0 Å². The number of ketones is 1. The highest BCUT2D eigenvalue weighted by molar-refractivity contribution is 7.99. The molecule has 2 aromatic rings. The van der Waals surface area contributed by atoms with Crippen molar-refractivity contribution in [3.8, 4) is 0 Å². The zero-order chi connectivity index (χ0) is 24.2. The predicted octanol–water partition coefficient (Wildman–Crippen LogP) is 4.24. The molecule has 0 N–H and O–H groups in total. The molecule has 0 amide bonds. The van der Waals surface area contributed by atoms with Crippen LogP contribution in [0.25, 0.3) is 10.9 Å². The van der Waals surface area contributed by atoms with Gasteiger partial charge in [-0.15, -0.1) is 0 Å². The summed E-state index contributed by atoms with van der Waals surface area (Å²) < 4.78 is 12.3. The Morgan fingerprint density at radius 3 is 2.51 bits per heavy atom. The Balaban J connectivity index is 1.31. The number of esters is 1. The maximum absolute atomic E-state index is 13.6. The Labute approximate surface area is 209 Å². The zero-order valence-electron chi connectivity index (χ0n) is 20.2. The van der Waals surface area contributed by atoms with Gasteiger partial charge in [0, 0.05) is 12.0 Å². The summed E-state index contributed by atoms with van der Waals surface area (Å²) in [5, 5.41) is 0.977. The molecule has 35 heavy (non-hydrogen) atoms. The third-order valence-electron chi connectivity index (χ3n) is 8.71. The number of aromatic nitrogens is 2. The van der Waals surface area contributed by atoms with Crippen LogP contribution >= 0.6 is 11.8 Å². The summed E-state index contributed by atoms with van der Waals surface area (Å²) in [6.45, 7) is 1.13. The fourth-order valence-electron chi connectivity index (χ4n) is 7.44. The number of nitrogens with zero attached hydrogens (tertiary/aromatic N) is 2. The molecule has 5 fully saturated rings. The summed E-state index contributed by atoms with van der Waals surface area (Å²) in [6, 6.07) is 4.83. The quantitative estimate of drug-likeness (QED) is 0.322. The molecule has 1 aliphatic heterocycles. The molecule has 1 atom stereocenters. The second-order valence-electron chi connectivity index (χ2n) is 11.1. The van der Waals surface area contributed by atoms with Crippen molar-refractivity contribution in [1.82, 2.24) is 9.55 Å². The smallest absolute Gasteiger partial charge is 0.337 e. The number of rotatable bonds is 7. The summed E-state index contributed by atoms with van der Waals surface area (Å²) in [7, 11) is 1.33. The molecule has 8 heteroatoms. The first-order valence-electron chi connectivity index (χ1n) is 12.8. The van der Waals surface area contributed by atoms with E-state index in [1.165, 1.54) is 38.1 Å². The SMILES string of the molecule is COC(=O)c1ccc2c(=O)n(CC3CCCO3)c(SCC(=O)C34CC5CC(CC(C5)C3)C4)nc2c1. The van der Waals surface area contributed by atoms with Crippen LogP contribution in [0.3, 0.4) is 0 Å². The first kappa shape index (κ1) is 23.2. The maximum Gasteiger partial charge on any atom is 0.337 e. The van der Waals surface area contributed by atoms with Gasteiger partial charge in [-0.3, -0.25) is 14.2 Å². The number of benzene rings is 1. The van der Waals surface area contributed by atoms with E-state index >= 15 is 0 Å². The van der Waals surface area contributed by atoms with Crippen molar-refractivity contribution >= 4 is 34.4 Å². The van der Waals surface area contributed by atoms with Crippen molar-refractivity contribution in [1.29, 1.82) is 0 Å². The first-order valence-corrected chi connectivity index (χ1v) is 13.8. The number of carbonyl (C=O) groups excluding carboxylic acids is 2. The number of carbonyl (C=O) groups is 2. The predicted molar refractivity (Wildman–Crippen MR) is 133 cm³/mol. The number of hydrogen-bond acceptors (Lipinski definition) is 7. The number of fused-ring (bicyclic) bond motifs is 1. The molecule has 0 spiro atoms. The Hall–Kier alpha value is -2.19. The zero-order valence-corrected chi connectivity index (χ0v) is 21.0. The van der Waals surface area contributed by atoms with Crippen LogP contribution in [0.1, 0.15) is 61.7 Å². The first-order chi connectivity index (χ1) is 16.9. The third kappa shape index (κ3) is 4.22. The maximum atomic E-state index is 13.6. The van der Waals surface area contributed by atoms with E-state index in [0.717, 1.165) is 32.1 Å². The molecule has 4 saturated carbocycles. The van der Waals surface area contributed by atoms with Gasteiger partial charge in [-0.05, 0) is 87.3 Å². The Kier molecular flexibility index (Phi) is 6.00. The van der Waals surface area contributed by atoms with Gasteiger partial charge in [-0.1, -0.05) is 11.8 Å². The molecule has 186 valence electrons. The second-order valence-corrected chi connectivity index (χ2v) is 12.0. The van der Waals surface area contributed by atoms with Gasteiger partial charge < -0.3 is 9.47 Å². The van der Waals surface area contributed by atoms with Crippen molar-refractivity contribution < 1.29 is 19.1 Å². The van der Waals surface area contributed by atoms with Crippen LogP contribution in [0.2, 0.25) is 0 Å². The Morgan fingerprint density at radius 1 is 1.17 bits per heavy atom. The lowest BCUT2D eigenvalue weighted by Crippen LogP contribution is -2.50. The number of ether oxygens (including phenoxy) is 2. The lowest BCUT2D eigenvalue weighted by atomic mass is 9.48. The van der Waals surface area contributed by atoms with Crippen molar-refractivity contribution in [2.75, 3.05) is 19.5 Å². The molecule has 0 radical (unpaired) electrons. The van der Waals surface area contributed by atoms with Crippen molar-refractivity contribution in [3.63, 3.8) is 0 Å². The number of thioether (sulfide) groups is 1. The van der Waals surface area contributed by atoms with Gasteiger partial charge in [0.2, 0.25) is 0 Å². The highest BCUT2D eigenvalue weighted by Gasteiger charge is 2.54. The summed E-state index contributed by atoms with van der Waals surface area (Å²) >= 11 is 1.37. The standard InChI is InChI=1S/C27H32N2O5S/c1-33-25(32)19-4-5-21-22(10-19)28-26(29(24(21)31)14-20-3-2-6-34-20)35-15-23(30)27-11-16-7-17(12-27)9-18(8-16)13-27/h4-5,10,16-18,20H,2-3,6-9,11-15H2,1H3. The Morgan fingerprint density at radius 2 is 1.89 bits per heavy atom. The van der Waals surface area contributed by atoms with E-state index < -0.39 is 5.97 Å². The van der Waals surface area contributed by atoms with E-state index in [1.807, 2.05) is 0 Å². The van der Waals surface area contributed by atoms with Crippen LogP contribution in [0.4, 0.5) is 0 Å². The topological polar surface area (TPSA) is 87.5 Å². The lowest BCUT2D eigenvalue weighted by Gasteiger charge is -2.56. The fourth-order valence-corrected chi connectivity index (χ4v) is 8.49. The molecule has 1 aromatic carbocycles. The summed E-state index contributed by atoms with van der Waals surface area (Å²) in [5.41, 5.74) is 0.471. The average molecular weight is 497 g/mol. The van der Waals surface area contributed by atoms with Gasteiger partial charge in [0.1, 0.15) is 5.78 Å². The van der Waals surface area contributed by atoms with Gasteiger partial charge in [-0.25, -0.2) is 9.78 Å². The molecule has 7 rings (SSSR count). The molecule has 7 nitrogen and oxygen atoms in total. The minimum Gasteiger partial charge on any atom is -0.465 e. The minimum absolute atomic E-state index is 0.0282. The van der Waals surface area contributed by atoms with E-state index in [9.17, 15) is 14.4 Å². The van der Waals surface area contributed by atoms with E-state index in [4.69, 9.17) is 14.5 Å². The van der Waals surface area contributed by atoms with Crippen molar-refractivity contribution in [2.24, 2.45) is 23.2 Å². The van der Waals surface area contributed by atoms with Crippen LogP contribution in [-0.2, 0) is 20.8 Å². The van der Waals surface area contributed by atoms with Crippen LogP contribution in [0.15, 0.2) is 28.2 Å². The van der Waals surface area contributed by atoms with E-state index in [1.54, 1.807) is 22.8 Å². The van der Waals surface area contributed by atoms with E-state index in [-0.39, 0.29) is 17.1 Å². The van der Waals surface area contributed by atoms with Gasteiger partial charge in [-0.2, -0.15) is 0 Å². The summed E-state index contributed by atoms with van der Waals surface area (Å²) in [5.74, 6) is 2.31. The van der Waals surface area contributed by atoms with Crippen LogP contribution in [0, 0.1) is 23.2 Å².